The molecule has 0 aromatic carbocycles. The Hall–Kier alpha value is -1.43. The van der Waals surface area contributed by atoms with E-state index in [1.165, 1.54) is 12.8 Å². The van der Waals surface area contributed by atoms with E-state index in [1.54, 1.807) is 0 Å². The van der Waals surface area contributed by atoms with Crippen molar-refractivity contribution in [3.63, 3.8) is 0 Å². The zero-order chi connectivity index (χ0) is 15.9. The van der Waals surface area contributed by atoms with E-state index in [0.717, 1.165) is 37.1 Å². The smallest absolute Gasteiger partial charge is 0.234 e. The molecule has 3 rings (SSSR count). The van der Waals surface area contributed by atoms with Gasteiger partial charge in [-0.2, -0.15) is 5.10 Å². The Morgan fingerprint density at radius 2 is 2.14 bits per heavy atom. The van der Waals surface area contributed by atoms with Gasteiger partial charge in [0.05, 0.1) is 6.04 Å². The van der Waals surface area contributed by atoms with Gasteiger partial charge in [0.1, 0.15) is 5.82 Å². The summed E-state index contributed by atoms with van der Waals surface area (Å²) >= 11 is 0. The van der Waals surface area contributed by atoms with E-state index < -0.39 is 0 Å². The summed E-state index contributed by atoms with van der Waals surface area (Å²) in [6, 6.07) is -0.154. The van der Waals surface area contributed by atoms with Crippen molar-refractivity contribution >= 4 is 5.91 Å². The number of carbonyl (C=O) groups excluding carboxylic acids is 1. The number of hydrogen-bond donors (Lipinski definition) is 2. The number of H-pyrrole nitrogens is 1. The molecule has 1 aromatic rings. The monoisotopic (exact) mass is 305 g/mol. The second kappa shape index (κ2) is 5.99. The Balaban J connectivity index is 1.80. The minimum Gasteiger partial charge on any atom is -0.368 e. The number of carbonyl (C=O) groups is 1. The fourth-order valence-corrected chi connectivity index (χ4v) is 3.76. The average molecular weight is 305 g/mol. The fraction of sp³-hybridized carbons (Fsp3) is 0.812. The molecule has 2 heterocycles. The van der Waals surface area contributed by atoms with Crippen molar-refractivity contribution < 1.29 is 4.79 Å². The van der Waals surface area contributed by atoms with Gasteiger partial charge in [-0.3, -0.25) is 14.8 Å². The quantitative estimate of drug-likeness (QED) is 0.836. The van der Waals surface area contributed by atoms with Crippen LogP contribution < -0.4 is 5.73 Å². The lowest BCUT2D eigenvalue weighted by Crippen LogP contribution is -2.43. The minimum atomic E-state index is -0.210. The van der Waals surface area contributed by atoms with E-state index >= 15 is 0 Å². The molecule has 1 aliphatic heterocycles. The van der Waals surface area contributed by atoms with Gasteiger partial charge in [-0.15, -0.1) is 0 Å². The Labute approximate surface area is 131 Å². The van der Waals surface area contributed by atoms with E-state index in [4.69, 9.17) is 10.7 Å². The van der Waals surface area contributed by atoms with Crippen LogP contribution in [0.4, 0.5) is 0 Å². The first-order chi connectivity index (χ1) is 10.5. The summed E-state index contributed by atoms with van der Waals surface area (Å²) < 4.78 is 0. The molecule has 1 saturated carbocycles. The van der Waals surface area contributed by atoms with Gasteiger partial charge in [-0.05, 0) is 31.1 Å². The van der Waals surface area contributed by atoms with E-state index in [-0.39, 0.29) is 11.9 Å². The Bertz CT molecular complexity index is 536. The number of hydrogen-bond acceptors (Lipinski definition) is 4. The average Bonchev–Trinajstić information content (AvgIpc) is 3.02. The number of nitrogens with two attached hydrogens (primary N) is 1. The van der Waals surface area contributed by atoms with Gasteiger partial charge >= 0.3 is 0 Å². The van der Waals surface area contributed by atoms with Gasteiger partial charge in [0.2, 0.25) is 5.91 Å². The number of aromatic amines is 1. The molecule has 0 bridgehead atoms. The van der Waals surface area contributed by atoms with Crippen LogP contribution in [0.15, 0.2) is 0 Å². The van der Waals surface area contributed by atoms with Crippen molar-refractivity contribution in [3.8, 4) is 0 Å². The maximum atomic E-state index is 11.7. The summed E-state index contributed by atoms with van der Waals surface area (Å²) in [5.41, 5.74) is 5.58. The largest absolute Gasteiger partial charge is 0.368 e. The molecule has 3 atom stereocenters. The molecule has 1 aliphatic carbocycles. The lowest BCUT2D eigenvalue weighted by Gasteiger charge is -2.23. The Morgan fingerprint density at radius 1 is 1.41 bits per heavy atom. The lowest BCUT2D eigenvalue weighted by atomic mass is 9.91. The summed E-state index contributed by atoms with van der Waals surface area (Å²) in [6.45, 7) is 8.04. The van der Waals surface area contributed by atoms with E-state index in [9.17, 15) is 4.79 Å². The lowest BCUT2D eigenvalue weighted by molar-refractivity contribution is -0.123. The molecule has 6 nitrogen and oxygen atoms in total. The van der Waals surface area contributed by atoms with Gasteiger partial charge in [0.25, 0.3) is 0 Å². The number of rotatable bonds is 6. The molecule has 0 spiro atoms. The van der Waals surface area contributed by atoms with Crippen molar-refractivity contribution in [2.24, 2.45) is 17.6 Å². The molecule has 1 saturated heterocycles. The molecule has 2 fully saturated rings. The van der Waals surface area contributed by atoms with Gasteiger partial charge in [-0.25, -0.2) is 4.98 Å². The van der Waals surface area contributed by atoms with Crippen LogP contribution >= 0.6 is 0 Å². The summed E-state index contributed by atoms with van der Waals surface area (Å²) in [7, 11) is 0. The maximum absolute atomic E-state index is 11.7. The van der Waals surface area contributed by atoms with Crippen LogP contribution in [0.2, 0.25) is 0 Å². The van der Waals surface area contributed by atoms with Crippen LogP contribution in [-0.2, 0) is 4.79 Å². The molecule has 1 unspecified atom stereocenters. The SMILES string of the molecule is CCC(C(N)=O)N1C[C@H](c2nc(C(C)C)n[nH]2)[C@@H](C2CC2)C1. The molecule has 2 aliphatic rings. The van der Waals surface area contributed by atoms with E-state index in [2.05, 4.69) is 28.9 Å². The molecule has 1 aromatic heterocycles. The second-order valence-electron chi connectivity index (χ2n) is 7.12. The van der Waals surface area contributed by atoms with Gasteiger partial charge in [0, 0.05) is 24.9 Å². The molecule has 3 N–H and O–H groups in total. The fourth-order valence-electron chi connectivity index (χ4n) is 3.76. The summed E-state index contributed by atoms with van der Waals surface area (Å²) in [5, 5.41) is 7.50. The Morgan fingerprint density at radius 3 is 2.64 bits per heavy atom. The normalized spacial score (nSPS) is 27.5. The van der Waals surface area contributed by atoms with Crippen LogP contribution in [0, 0.1) is 11.8 Å². The molecule has 6 heteroatoms. The van der Waals surface area contributed by atoms with Gasteiger partial charge in [0.15, 0.2) is 5.82 Å². The first-order valence-corrected chi connectivity index (χ1v) is 8.46. The molecule has 0 radical (unpaired) electrons. The molecule has 122 valence electrons. The highest BCUT2D eigenvalue weighted by molar-refractivity contribution is 5.79. The minimum absolute atomic E-state index is 0.154. The zero-order valence-electron chi connectivity index (χ0n) is 13.7. The van der Waals surface area contributed by atoms with Crippen molar-refractivity contribution in [2.45, 2.75) is 57.9 Å². The zero-order valence-corrected chi connectivity index (χ0v) is 13.7. The first kappa shape index (κ1) is 15.5. The van der Waals surface area contributed by atoms with Crippen molar-refractivity contribution in [2.75, 3.05) is 13.1 Å². The number of primary amides is 1. The first-order valence-electron chi connectivity index (χ1n) is 8.46. The molecular formula is C16H27N5O. The van der Waals surface area contributed by atoms with E-state index in [1.807, 2.05) is 6.92 Å². The maximum Gasteiger partial charge on any atom is 0.234 e. The third kappa shape index (κ3) is 2.89. The highest BCUT2D eigenvalue weighted by Crippen LogP contribution is 2.47. The third-order valence-electron chi connectivity index (χ3n) is 5.16. The second-order valence-corrected chi connectivity index (χ2v) is 7.12. The van der Waals surface area contributed by atoms with Crippen molar-refractivity contribution in [3.05, 3.63) is 11.6 Å². The number of amides is 1. The van der Waals surface area contributed by atoms with Crippen LogP contribution in [0.5, 0.6) is 0 Å². The third-order valence-corrected chi connectivity index (χ3v) is 5.16. The topological polar surface area (TPSA) is 87.9 Å². The summed E-state index contributed by atoms with van der Waals surface area (Å²) in [5.74, 6) is 3.68. The van der Waals surface area contributed by atoms with Crippen LogP contribution in [-0.4, -0.2) is 45.1 Å². The highest BCUT2D eigenvalue weighted by Gasteiger charge is 2.46. The predicted octanol–water partition coefficient (Wildman–Crippen LogP) is 1.62. The van der Waals surface area contributed by atoms with Crippen LogP contribution in [0.25, 0.3) is 0 Å². The predicted molar refractivity (Wildman–Crippen MR) is 84.3 cm³/mol. The van der Waals surface area contributed by atoms with Crippen molar-refractivity contribution in [1.82, 2.24) is 20.1 Å². The van der Waals surface area contributed by atoms with Crippen molar-refractivity contribution in [1.29, 1.82) is 0 Å². The van der Waals surface area contributed by atoms with Gasteiger partial charge < -0.3 is 5.73 Å². The molecule has 22 heavy (non-hydrogen) atoms. The standard InChI is InChI=1S/C16H27N5O/c1-4-13(14(17)22)21-7-11(10-5-6-10)12(8-21)16-18-15(9(2)3)19-20-16/h9-13H,4-8H2,1-3H3,(H2,17,22)(H,18,19,20)/t11-,12+,13?/m1/s1. The summed E-state index contributed by atoms with van der Waals surface area (Å²) in [6.07, 6.45) is 3.37. The summed E-state index contributed by atoms with van der Waals surface area (Å²) in [4.78, 5) is 18.7. The number of likely N-dealkylation sites (tertiary alicyclic amines) is 1. The molecule has 1 amide bonds. The number of aromatic nitrogens is 3. The Kier molecular flexibility index (Phi) is 4.21. The van der Waals surface area contributed by atoms with Crippen LogP contribution in [0.1, 0.15) is 63.5 Å². The highest BCUT2D eigenvalue weighted by atomic mass is 16.1. The van der Waals surface area contributed by atoms with E-state index in [0.29, 0.717) is 17.8 Å². The van der Waals surface area contributed by atoms with Crippen LogP contribution in [0.3, 0.4) is 0 Å². The number of nitrogens with zero attached hydrogens (tertiary/aromatic N) is 3. The van der Waals surface area contributed by atoms with Gasteiger partial charge in [-0.1, -0.05) is 20.8 Å². The molecular weight excluding hydrogens is 278 g/mol. The number of nitrogens with one attached hydrogen (secondary N) is 1.